The van der Waals surface area contributed by atoms with E-state index in [0.29, 0.717) is 0 Å². The highest BCUT2D eigenvalue weighted by molar-refractivity contribution is 5.89. The molecule has 2 aliphatic heterocycles. The predicted molar refractivity (Wildman–Crippen MR) is 101 cm³/mol. The van der Waals surface area contributed by atoms with E-state index in [1.807, 2.05) is 24.4 Å². The van der Waals surface area contributed by atoms with Crippen molar-refractivity contribution in [3.8, 4) is 11.3 Å². The Kier molecular flexibility index (Phi) is 4.41. The first-order chi connectivity index (χ1) is 12.3. The van der Waals surface area contributed by atoms with E-state index in [1.165, 1.54) is 0 Å². The van der Waals surface area contributed by atoms with Gasteiger partial charge in [0, 0.05) is 50.9 Å². The van der Waals surface area contributed by atoms with Crippen LogP contribution in [0.3, 0.4) is 0 Å². The number of hydrogen-bond acceptors (Lipinski definition) is 6. The minimum absolute atomic E-state index is 0.852. The lowest BCUT2D eigenvalue weighted by atomic mass is 10.1. The topological polar surface area (TPSA) is 57.0 Å². The van der Waals surface area contributed by atoms with E-state index in [9.17, 15) is 0 Å². The van der Waals surface area contributed by atoms with Crippen molar-refractivity contribution >= 4 is 18.0 Å². The standard InChI is InChI=1S/C19H22N6/c1-15-14-17(16-6-3-2-4-7-16)22-23-18(15)24-10-12-25(13-11-24)19-20-8-5-9-21-19/h2-4,6-8,14H,5,9-13H2,1H3. The average Bonchev–Trinajstić information content (AvgIpc) is 2.69. The molecule has 1 saturated heterocycles. The molecule has 0 aliphatic carbocycles. The summed E-state index contributed by atoms with van der Waals surface area (Å²) in [6.07, 6.45) is 2.92. The molecule has 0 spiro atoms. The zero-order chi connectivity index (χ0) is 17.1. The van der Waals surface area contributed by atoms with Gasteiger partial charge in [-0.1, -0.05) is 30.3 Å². The molecule has 3 heterocycles. The largest absolute Gasteiger partial charge is 0.351 e. The van der Waals surface area contributed by atoms with Gasteiger partial charge in [0.25, 0.3) is 0 Å². The lowest BCUT2D eigenvalue weighted by Crippen LogP contribution is -2.49. The predicted octanol–water partition coefficient (Wildman–Crippen LogP) is 2.40. The van der Waals surface area contributed by atoms with E-state index < -0.39 is 0 Å². The summed E-state index contributed by atoms with van der Waals surface area (Å²) in [5.74, 6) is 1.86. The molecule has 2 aromatic rings. The van der Waals surface area contributed by atoms with E-state index >= 15 is 0 Å². The maximum Gasteiger partial charge on any atom is 0.220 e. The van der Waals surface area contributed by atoms with Crippen LogP contribution in [0.15, 0.2) is 46.4 Å². The Balaban J connectivity index is 1.46. The molecule has 2 aliphatic rings. The second-order valence-corrected chi connectivity index (χ2v) is 6.36. The van der Waals surface area contributed by atoms with Crippen molar-refractivity contribution in [2.24, 2.45) is 9.98 Å². The zero-order valence-corrected chi connectivity index (χ0v) is 14.5. The van der Waals surface area contributed by atoms with Crippen LogP contribution in [0.4, 0.5) is 5.82 Å². The molecule has 0 saturated carbocycles. The fourth-order valence-corrected chi connectivity index (χ4v) is 3.25. The SMILES string of the molecule is Cc1cc(-c2ccccc2)nnc1N1CCN(C2=NCCC=N2)CC1. The summed E-state index contributed by atoms with van der Waals surface area (Å²) in [6.45, 7) is 6.61. The molecule has 1 aromatic heterocycles. The molecule has 128 valence electrons. The molecule has 6 nitrogen and oxygen atoms in total. The van der Waals surface area contributed by atoms with Crippen LogP contribution in [0.25, 0.3) is 11.3 Å². The van der Waals surface area contributed by atoms with E-state index in [-0.39, 0.29) is 0 Å². The van der Waals surface area contributed by atoms with Gasteiger partial charge in [-0.05, 0) is 18.6 Å². The number of guanidine groups is 1. The number of hydrogen-bond donors (Lipinski definition) is 0. The Morgan fingerprint density at radius 2 is 1.68 bits per heavy atom. The van der Waals surface area contributed by atoms with Crippen molar-refractivity contribution < 1.29 is 0 Å². The van der Waals surface area contributed by atoms with Gasteiger partial charge >= 0.3 is 0 Å². The number of benzene rings is 1. The summed E-state index contributed by atoms with van der Waals surface area (Å²) in [5.41, 5.74) is 3.18. The number of piperazine rings is 1. The molecular weight excluding hydrogens is 312 g/mol. The molecule has 25 heavy (non-hydrogen) atoms. The van der Waals surface area contributed by atoms with Crippen molar-refractivity contribution in [3.05, 3.63) is 42.0 Å². The minimum atomic E-state index is 0.852. The second-order valence-electron chi connectivity index (χ2n) is 6.36. The first-order valence-corrected chi connectivity index (χ1v) is 8.78. The first kappa shape index (κ1) is 15.7. The summed E-state index contributed by atoms with van der Waals surface area (Å²) >= 11 is 0. The van der Waals surface area contributed by atoms with Crippen LogP contribution < -0.4 is 4.90 Å². The third-order valence-electron chi connectivity index (χ3n) is 4.61. The summed E-state index contributed by atoms with van der Waals surface area (Å²) in [7, 11) is 0. The van der Waals surface area contributed by atoms with E-state index in [1.54, 1.807) is 0 Å². The lowest BCUT2D eigenvalue weighted by molar-refractivity contribution is 0.379. The summed E-state index contributed by atoms with van der Waals surface area (Å²) in [6, 6.07) is 12.3. The van der Waals surface area contributed by atoms with Gasteiger partial charge in [-0.3, -0.25) is 4.99 Å². The molecule has 0 amide bonds. The van der Waals surface area contributed by atoms with Crippen molar-refractivity contribution in [1.82, 2.24) is 15.1 Å². The van der Waals surface area contributed by atoms with Crippen LogP contribution in [-0.2, 0) is 0 Å². The zero-order valence-electron chi connectivity index (χ0n) is 14.5. The van der Waals surface area contributed by atoms with Crippen LogP contribution in [-0.4, -0.2) is 60.0 Å². The molecule has 1 fully saturated rings. The van der Waals surface area contributed by atoms with Crippen molar-refractivity contribution in [1.29, 1.82) is 0 Å². The lowest BCUT2D eigenvalue weighted by Gasteiger charge is -2.36. The van der Waals surface area contributed by atoms with Gasteiger partial charge in [-0.2, -0.15) is 0 Å². The number of rotatable bonds is 2. The third-order valence-corrected chi connectivity index (χ3v) is 4.61. The maximum atomic E-state index is 4.51. The highest BCUT2D eigenvalue weighted by atomic mass is 15.4. The van der Waals surface area contributed by atoms with E-state index in [2.05, 4.69) is 55.1 Å². The normalized spacial score (nSPS) is 17.6. The van der Waals surface area contributed by atoms with Gasteiger partial charge in [-0.25, -0.2) is 4.99 Å². The van der Waals surface area contributed by atoms with Crippen molar-refractivity contribution in [3.63, 3.8) is 0 Å². The van der Waals surface area contributed by atoms with Crippen molar-refractivity contribution in [2.45, 2.75) is 13.3 Å². The Morgan fingerprint density at radius 1 is 0.920 bits per heavy atom. The highest BCUT2D eigenvalue weighted by Crippen LogP contribution is 2.23. The van der Waals surface area contributed by atoms with Gasteiger partial charge in [0.2, 0.25) is 5.96 Å². The number of nitrogens with zero attached hydrogens (tertiary/aromatic N) is 6. The monoisotopic (exact) mass is 334 g/mol. The molecule has 1 aromatic carbocycles. The quantitative estimate of drug-likeness (QED) is 0.846. The molecular formula is C19H22N6. The second kappa shape index (κ2) is 7.01. The van der Waals surface area contributed by atoms with Gasteiger partial charge in [0.05, 0.1) is 5.69 Å². The fraction of sp³-hybridized carbons (Fsp3) is 0.368. The number of anilines is 1. The first-order valence-electron chi connectivity index (χ1n) is 8.78. The van der Waals surface area contributed by atoms with Gasteiger partial charge in [0.15, 0.2) is 5.82 Å². The van der Waals surface area contributed by atoms with Crippen molar-refractivity contribution in [2.75, 3.05) is 37.6 Å². The molecule has 6 heteroatoms. The van der Waals surface area contributed by atoms with Crippen LogP contribution >= 0.6 is 0 Å². The average molecular weight is 334 g/mol. The Morgan fingerprint density at radius 3 is 2.36 bits per heavy atom. The maximum absolute atomic E-state index is 4.51. The van der Waals surface area contributed by atoms with Crippen LogP contribution in [0.2, 0.25) is 0 Å². The molecule has 0 N–H and O–H groups in total. The Bertz CT molecular complexity index is 791. The van der Waals surface area contributed by atoms with Crippen LogP contribution in [0.1, 0.15) is 12.0 Å². The molecule has 0 atom stereocenters. The smallest absolute Gasteiger partial charge is 0.220 e. The minimum Gasteiger partial charge on any atom is -0.351 e. The van der Waals surface area contributed by atoms with Crippen LogP contribution in [0.5, 0.6) is 0 Å². The summed E-state index contributed by atoms with van der Waals surface area (Å²) in [4.78, 5) is 13.5. The molecule has 0 bridgehead atoms. The Labute approximate surface area is 147 Å². The summed E-state index contributed by atoms with van der Waals surface area (Å²) < 4.78 is 0. The van der Waals surface area contributed by atoms with E-state index in [0.717, 1.165) is 67.7 Å². The number of aryl methyl sites for hydroxylation is 1. The van der Waals surface area contributed by atoms with Crippen LogP contribution in [0, 0.1) is 6.92 Å². The van der Waals surface area contributed by atoms with Gasteiger partial charge < -0.3 is 9.80 Å². The molecule has 0 unspecified atom stereocenters. The highest BCUT2D eigenvalue weighted by Gasteiger charge is 2.22. The summed E-state index contributed by atoms with van der Waals surface area (Å²) in [5, 5.41) is 8.95. The van der Waals surface area contributed by atoms with Gasteiger partial charge in [0.1, 0.15) is 0 Å². The van der Waals surface area contributed by atoms with Gasteiger partial charge in [-0.15, -0.1) is 10.2 Å². The third kappa shape index (κ3) is 3.38. The molecule has 0 radical (unpaired) electrons. The Hall–Kier alpha value is -2.76. The number of aromatic nitrogens is 2. The molecule has 4 rings (SSSR count). The fourth-order valence-electron chi connectivity index (χ4n) is 3.25. The van der Waals surface area contributed by atoms with E-state index in [4.69, 9.17) is 0 Å². The number of aliphatic imine (C=N–C) groups is 2.